The summed E-state index contributed by atoms with van der Waals surface area (Å²) >= 11 is 0. The molecule has 0 unspecified atom stereocenters. The largest absolute Gasteiger partial charge is 0.389 e. The standard InChI is InChI=1S/C11H21N3O3S/c1-6-8-12-7-9(13-8)18(16,17)14-10(2,3)11(4,5)15/h7,14-15H,6H2,1-5H3,(H,12,13). The SMILES string of the molecule is CCc1ncc(S(=O)(=O)NC(C)(C)C(C)(C)O)[nH]1. The van der Waals surface area contributed by atoms with Crippen molar-refractivity contribution in [1.29, 1.82) is 0 Å². The minimum absolute atomic E-state index is 0.0108. The quantitative estimate of drug-likeness (QED) is 0.740. The number of aryl methyl sites for hydroxylation is 1. The van der Waals surface area contributed by atoms with Crippen LogP contribution in [-0.4, -0.2) is 34.6 Å². The average molecular weight is 275 g/mol. The predicted molar refractivity (Wildman–Crippen MR) is 68.7 cm³/mol. The van der Waals surface area contributed by atoms with Crippen molar-refractivity contribution in [2.75, 3.05) is 0 Å². The summed E-state index contributed by atoms with van der Waals surface area (Å²) in [6.07, 6.45) is 1.91. The molecule has 0 bridgehead atoms. The fraction of sp³-hybridized carbons (Fsp3) is 0.727. The predicted octanol–water partition coefficient (Wildman–Crippen LogP) is 0.800. The number of aliphatic hydroxyl groups is 1. The number of aromatic nitrogens is 2. The molecule has 1 rings (SSSR count). The maximum Gasteiger partial charge on any atom is 0.258 e. The van der Waals surface area contributed by atoms with Crippen LogP contribution in [0.2, 0.25) is 0 Å². The van der Waals surface area contributed by atoms with Gasteiger partial charge in [-0.1, -0.05) is 6.92 Å². The highest BCUT2D eigenvalue weighted by atomic mass is 32.2. The van der Waals surface area contributed by atoms with E-state index in [9.17, 15) is 13.5 Å². The minimum atomic E-state index is -3.72. The highest BCUT2D eigenvalue weighted by molar-refractivity contribution is 7.89. The van der Waals surface area contributed by atoms with Crippen LogP contribution in [0.15, 0.2) is 11.2 Å². The van der Waals surface area contributed by atoms with Crippen LogP contribution < -0.4 is 4.72 Å². The zero-order valence-electron chi connectivity index (χ0n) is 11.4. The number of nitrogens with one attached hydrogen (secondary N) is 2. The van der Waals surface area contributed by atoms with Crippen molar-refractivity contribution in [1.82, 2.24) is 14.7 Å². The van der Waals surface area contributed by atoms with Crippen LogP contribution >= 0.6 is 0 Å². The van der Waals surface area contributed by atoms with E-state index in [4.69, 9.17) is 0 Å². The van der Waals surface area contributed by atoms with Crippen molar-refractivity contribution in [2.45, 2.75) is 57.2 Å². The molecule has 0 aliphatic heterocycles. The van der Waals surface area contributed by atoms with Crippen molar-refractivity contribution in [3.63, 3.8) is 0 Å². The molecule has 0 aliphatic rings. The first-order valence-electron chi connectivity index (χ1n) is 5.80. The number of H-pyrrole nitrogens is 1. The molecule has 0 radical (unpaired) electrons. The highest BCUT2D eigenvalue weighted by Gasteiger charge is 2.39. The van der Waals surface area contributed by atoms with Gasteiger partial charge in [-0.05, 0) is 27.7 Å². The summed E-state index contributed by atoms with van der Waals surface area (Å²) in [5.74, 6) is 0.608. The molecule has 1 aromatic rings. The molecule has 0 atom stereocenters. The van der Waals surface area contributed by atoms with Gasteiger partial charge < -0.3 is 10.1 Å². The molecule has 0 amide bonds. The van der Waals surface area contributed by atoms with Gasteiger partial charge in [0.2, 0.25) is 0 Å². The third-order valence-corrected chi connectivity index (χ3v) is 4.71. The van der Waals surface area contributed by atoms with E-state index in [0.29, 0.717) is 12.2 Å². The van der Waals surface area contributed by atoms with E-state index < -0.39 is 21.2 Å². The summed E-state index contributed by atoms with van der Waals surface area (Å²) in [5, 5.41) is 9.97. The number of hydrogen-bond donors (Lipinski definition) is 3. The van der Waals surface area contributed by atoms with Crippen molar-refractivity contribution < 1.29 is 13.5 Å². The molecule has 0 aliphatic carbocycles. The molecule has 0 aromatic carbocycles. The van der Waals surface area contributed by atoms with Gasteiger partial charge in [0.15, 0.2) is 5.03 Å². The molecule has 1 aromatic heterocycles. The Morgan fingerprint density at radius 2 is 1.94 bits per heavy atom. The first-order chi connectivity index (χ1) is 7.99. The van der Waals surface area contributed by atoms with Crippen molar-refractivity contribution >= 4 is 10.0 Å². The second kappa shape index (κ2) is 4.64. The van der Waals surface area contributed by atoms with E-state index in [2.05, 4.69) is 14.7 Å². The molecule has 1 heterocycles. The maximum absolute atomic E-state index is 12.1. The molecule has 104 valence electrons. The van der Waals surface area contributed by atoms with Crippen molar-refractivity contribution in [3.05, 3.63) is 12.0 Å². The van der Waals surface area contributed by atoms with Gasteiger partial charge in [-0.2, -0.15) is 0 Å². The normalized spacial score (nSPS) is 13.9. The monoisotopic (exact) mass is 275 g/mol. The Hall–Kier alpha value is -0.920. The molecule has 0 spiro atoms. The van der Waals surface area contributed by atoms with Gasteiger partial charge in [-0.25, -0.2) is 18.1 Å². The Morgan fingerprint density at radius 1 is 1.39 bits per heavy atom. The van der Waals surface area contributed by atoms with Gasteiger partial charge in [0, 0.05) is 6.42 Å². The number of aromatic amines is 1. The fourth-order valence-corrected chi connectivity index (χ4v) is 2.65. The molecule has 3 N–H and O–H groups in total. The smallest absolute Gasteiger partial charge is 0.258 e. The Kier molecular flexibility index (Phi) is 3.90. The number of nitrogens with zero attached hydrogens (tertiary/aromatic N) is 1. The number of imidazole rings is 1. The van der Waals surface area contributed by atoms with Crippen LogP contribution in [0.5, 0.6) is 0 Å². The second-order valence-corrected chi connectivity index (χ2v) is 6.99. The van der Waals surface area contributed by atoms with Gasteiger partial charge >= 0.3 is 0 Å². The maximum atomic E-state index is 12.1. The molecule has 0 fully saturated rings. The van der Waals surface area contributed by atoms with Gasteiger partial charge in [-0.15, -0.1) is 0 Å². The zero-order valence-corrected chi connectivity index (χ0v) is 12.2. The molecule has 0 saturated heterocycles. The van der Waals surface area contributed by atoms with E-state index in [0.717, 1.165) is 0 Å². The minimum Gasteiger partial charge on any atom is -0.389 e. The summed E-state index contributed by atoms with van der Waals surface area (Å²) in [6.45, 7) is 8.24. The van der Waals surface area contributed by atoms with Gasteiger partial charge in [0.1, 0.15) is 5.82 Å². The van der Waals surface area contributed by atoms with Gasteiger partial charge in [0.05, 0.1) is 17.3 Å². The van der Waals surface area contributed by atoms with Gasteiger partial charge in [0.25, 0.3) is 10.0 Å². The molecule has 18 heavy (non-hydrogen) atoms. The van der Waals surface area contributed by atoms with Crippen molar-refractivity contribution in [2.24, 2.45) is 0 Å². The van der Waals surface area contributed by atoms with E-state index in [1.165, 1.54) is 6.20 Å². The number of hydrogen-bond acceptors (Lipinski definition) is 4. The Morgan fingerprint density at radius 3 is 2.33 bits per heavy atom. The Bertz CT molecular complexity index is 512. The third-order valence-electron chi connectivity index (χ3n) is 3.15. The Balaban J connectivity index is 3.02. The van der Waals surface area contributed by atoms with Crippen LogP contribution in [0, 0.1) is 0 Å². The van der Waals surface area contributed by atoms with E-state index >= 15 is 0 Å². The van der Waals surface area contributed by atoms with E-state index in [1.807, 2.05) is 6.92 Å². The van der Waals surface area contributed by atoms with Gasteiger partial charge in [-0.3, -0.25) is 0 Å². The van der Waals surface area contributed by atoms with Crippen LogP contribution in [0.1, 0.15) is 40.4 Å². The lowest BCUT2D eigenvalue weighted by Crippen LogP contribution is -2.57. The fourth-order valence-electron chi connectivity index (χ4n) is 1.18. The summed E-state index contributed by atoms with van der Waals surface area (Å²) < 4.78 is 26.7. The molecular formula is C11H21N3O3S. The lowest BCUT2D eigenvalue weighted by molar-refractivity contribution is 0.00636. The number of rotatable bonds is 5. The molecule has 0 saturated carbocycles. The first-order valence-corrected chi connectivity index (χ1v) is 7.28. The average Bonchev–Trinajstić information content (AvgIpc) is 2.62. The van der Waals surface area contributed by atoms with E-state index in [-0.39, 0.29) is 5.03 Å². The summed E-state index contributed by atoms with van der Waals surface area (Å²) in [4.78, 5) is 6.69. The van der Waals surface area contributed by atoms with Crippen LogP contribution in [-0.2, 0) is 16.4 Å². The van der Waals surface area contributed by atoms with Crippen molar-refractivity contribution in [3.8, 4) is 0 Å². The zero-order chi connectivity index (χ0) is 14.2. The first kappa shape index (κ1) is 15.1. The summed E-state index contributed by atoms with van der Waals surface area (Å²) in [6, 6.07) is 0. The lowest BCUT2D eigenvalue weighted by atomic mass is 9.87. The van der Waals surface area contributed by atoms with Crippen LogP contribution in [0.3, 0.4) is 0 Å². The van der Waals surface area contributed by atoms with Crippen LogP contribution in [0.4, 0.5) is 0 Å². The van der Waals surface area contributed by atoms with Crippen LogP contribution in [0.25, 0.3) is 0 Å². The molecule has 7 heteroatoms. The molecular weight excluding hydrogens is 254 g/mol. The summed E-state index contributed by atoms with van der Waals surface area (Å²) in [7, 11) is -3.72. The molecule has 6 nitrogen and oxygen atoms in total. The third kappa shape index (κ3) is 3.09. The summed E-state index contributed by atoms with van der Waals surface area (Å²) in [5.41, 5.74) is -2.18. The lowest BCUT2D eigenvalue weighted by Gasteiger charge is -2.37. The number of sulfonamides is 1. The second-order valence-electron chi connectivity index (χ2n) is 5.34. The topological polar surface area (TPSA) is 95.1 Å². The highest BCUT2D eigenvalue weighted by Crippen LogP contribution is 2.23. The van der Waals surface area contributed by atoms with E-state index in [1.54, 1.807) is 27.7 Å². The Labute approximate surface area is 108 Å².